The molecule has 1 aliphatic carbocycles. The van der Waals surface area contributed by atoms with Gasteiger partial charge in [-0.1, -0.05) is 23.4 Å². The number of H-pyrrole nitrogens is 1. The van der Waals surface area contributed by atoms with Crippen LogP contribution in [0.3, 0.4) is 0 Å². The number of rotatable bonds is 4. The van der Waals surface area contributed by atoms with Gasteiger partial charge >= 0.3 is 0 Å². The van der Waals surface area contributed by atoms with Gasteiger partial charge in [0.25, 0.3) is 5.91 Å². The van der Waals surface area contributed by atoms with E-state index >= 15 is 0 Å². The maximum Gasteiger partial charge on any atom is 0.270 e. The summed E-state index contributed by atoms with van der Waals surface area (Å²) in [7, 11) is 0. The van der Waals surface area contributed by atoms with Crippen molar-refractivity contribution in [2.75, 3.05) is 31.1 Å². The van der Waals surface area contributed by atoms with E-state index in [1.807, 2.05) is 47.4 Å². The molecule has 0 unspecified atom stereocenters. The van der Waals surface area contributed by atoms with Gasteiger partial charge in [0, 0.05) is 54.8 Å². The van der Waals surface area contributed by atoms with Crippen LogP contribution in [0.25, 0.3) is 22.3 Å². The van der Waals surface area contributed by atoms with Gasteiger partial charge in [-0.3, -0.25) is 4.79 Å². The summed E-state index contributed by atoms with van der Waals surface area (Å²) in [6.07, 6.45) is 4.06. The van der Waals surface area contributed by atoms with Crippen molar-refractivity contribution >= 4 is 22.6 Å². The Balaban J connectivity index is 1.10. The third kappa shape index (κ3) is 3.43. The van der Waals surface area contributed by atoms with Crippen LogP contribution in [0.5, 0.6) is 0 Å². The van der Waals surface area contributed by atoms with Crippen molar-refractivity contribution in [2.45, 2.75) is 18.8 Å². The van der Waals surface area contributed by atoms with Gasteiger partial charge in [0.15, 0.2) is 0 Å². The topological polar surface area (TPSA) is 91.2 Å². The molecule has 0 radical (unpaired) electrons. The number of amides is 1. The first-order valence-electron chi connectivity index (χ1n) is 10.7. The number of carbonyl (C=O) groups is 1. The number of hydrogen-bond donors (Lipinski definition) is 1. The molecule has 8 heteroatoms. The van der Waals surface area contributed by atoms with Crippen molar-refractivity contribution in [2.24, 2.45) is 0 Å². The number of nitrogens with zero attached hydrogens (tertiary/aromatic N) is 5. The van der Waals surface area contributed by atoms with Gasteiger partial charge in [0.1, 0.15) is 11.5 Å². The molecule has 1 amide bonds. The molecule has 8 nitrogen and oxygen atoms in total. The highest BCUT2D eigenvalue weighted by atomic mass is 16.5. The number of anilines is 1. The van der Waals surface area contributed by atoms with E-state index < -0.39 is 0 Å². The van der Waals surface area contributed by atoms with E-state index in [1.165, 1.54) is 0 Å². The molecular weight excluding hydrogens is 392 g/mol. The monoisotopic (exact) mass is 414 g/mol. The molecule has 6 rings (SSSR count). The fourth-order valence-corrected chi connectivity index (χ4v) is 4.05. The maximum atomic E-state index is 12.9. The predicted octanol–water partition coefficient (Wildman–Crippen LogP) is 3.45. The van der Waals surface area contributed by atoms with Gasteiger partial charge < -0.3 is 19.3 Å². The third-order valence-corrected chi connectivity index (χ3v) is 6.03. The fourth-order valence-electron chi connectivity index (χ4n) is 4.05. The van der Waals surface area contributed by atoms with E-state index in [4.69, 9.17) is 4.52 Å². The molecule has 1 aliphatic heterocycles. The van der Waals surface area contributed by atoms with E-state index in [0.717, 1.165) is 54.1 Å². The van der Waals surface area contributed by atoms with Crippen molar-refractivity contribution in [3.8, 4) is 11.4 Å². The lowest BCUT2D eigenvalue weighted by molar-refractivity contribution is 0.0741. The zero-order valence-corrected chi connectivity index (χ0v) is 17.0. The lowest BCUT2D eigenvalue weighted by atomic mass is 10.2. The minimum Gasteiger partial charge on any atom is -0.353 e. The van der Waals surface area contributed by atoms with Crippen molar-refractivity contribution < 1.29 is 9.32 Å². The minimum absolute atomic E-state index is 0.0442. The highest BCUT2D eigenvalue weighted by molar-refractivity contribution is 5.98. The molecule has 3 aromatic heterocycles. The molecule has 1 aromatic carbocycles. The summed E-state index contributed by atoms with van der Waals surface area (Å²) >= 11 is 0. The summed E-state index contributed by atoms with van der Waals surface area (Å²) in [6, 6.07) is 13.8. The van der Waals surface area contributed by atoms with Crippen LogP contribution in [0.15, 0.2) is 53.2 Å². The first-order valence-corrected chi connectivity index (χ1v) is 10.7. The predicted molar refractivity (Wildman–Crippen MR) is 116 cm³/mol. The Morgan fingerprint density at radius 1 is 1.06 bits per heavy atom. The summed E-state index contributed by atoms with van der Waals surface area (Å²) in [4.78, 5) is 29.3. The van der Waals surface area contributed by atoms with Gasteiger partial charge in [0.2, 0.25) is 11.7 Å². The number of para-hydroxylation sites is 1. The van der Waals surface area contributed by atoms with Gasteiger partial charge in [0.05, 0.1) is 0 Å². The molecule has 2 aliphatic rings. The number of aromatic nitrogens is 4. The number of piperazine rings is 1. The molecule has 4 heterocycles. The molecule has 0 spiro atoms. The first kappa shape index (κ1) is 18.1. The lowest BCUT2D eigenvalue weighted by Gasteiger charge is -2.35. The third-order valence-electron chi connectivity index (χ3n) is 6.03. The minimum atomic E-state index is 0.0442. The molecule has 0 bridgehead atoms. The summed E-state index contributed by atoms with van der Waals surface area (Å²) in [5.41, 5.74) is 2.48. The molecule has 4 aromatic rings. The average Bonchev–Trinajstić information content (AvgIpc) is 3.39. The molecule has 0 atom stereocenters. The van der Waals surface area contributed by atoms with Crippen LogP contribution >= 0.6 is 0 Å². The summed E-state index contributed by atoms with van der Waals surface area (Å²) in [5, 5.41) is 5.13. The van der Waals surface area contributed by atoms with Crippen LogP contribution in [0.2, 0.25) is 0 Å². The fraction of sp³-hybridized carbons (Fsp3) is 0.304. The standard InChI is InChI=1S/C23H22N6O2/c30-23(19-13-16-3-1-2-4-18(16)25-19)29-11-9-28(10-12-29)20-8-7-17(14-24-20)21-26-22(31-27-21)15-5-6-15/h1-4,7-8,13-15,25H,5-6,9-12H2. The van der Waals surface area contributed by atoms with Crippen LogP contribution in [-0.2, 0) is 0 Å². The Hall–Kier alpha value is -3.68. The van der Waals surface area contributed by atoms with Crippen LogP contribution in [0.4, 0.5) is 5.82 Å². The molecule has 1 saturated heterocycles. The smallest absolute Gasteiger partial charge is 0.270 e. The van der Waals surface area contributed by atoms with E-state index in [2.05, 4.69) is 25.0 Å². The summed E-state index contributed by atoms with van der Waals surface area (Å²) in [5.74, 6) is 2.71. The maximum absolute atomic E-state index is 12.9. The van der Waals surface area contributed by atoms with E-state index in [1.54, 1.807) is 6.20 Å². The van der Waals surface area contributed by atoms with Gasteiger partial charge in [-0.25, -0.2) is 4.98 Å². The first-order chi connectivity index (χ1) is 15.2. The van der Waals surface area contributed by atoms with Gasteiger partial charge in [-0.2, -0.15) is 4.98 Å². The number of fused-ring (bicyclic) bond motifs is 1. The largest absolute Gasteiger partial charge is 0.353 e. The number of pyridine rings is 1. The van der Waals surface area contributed by atoms with E-state index in [-0.39, 0.29) is 5.91 Å². The summed E-state index contributed by atoms with van der Waals surface area (Å²) < 4.78 is 5.34. The second-order valence-corrected chi connectivity index (χ2v) is 8.19. The second-order valence-electron chi connectivity index (χ2n) is 8.19. The van der Waals surface area contributed by atoms with Crippen molar-refractivity contribution in [1.82, 2.24) is 25.0 Å². The Kier molecular flexibility index (Phi) is 4.22. The van der Waals surface area contributed by atoms with Gasteiger partial charge in [-0.15, -0.1) is 0 Å². The van der Waals surface area contributed by atoms with Crippen molar-refractivity contribution in [3.05, 3.63) is 60.2 Å². The Morgan fingerprint density at radius 3 is 2.65 bits per heavy atom. The number of nitrogens with one attached hydrogen (secondary N) is 1. The van der Waals surface area contributed by atoms with Crippen LogP contribution in [-0.4, -0.2) is 57.1 Å². The molecule has 1 saturated carbocycles. The second kappa shape index (κ2) is 7.23. The van der Waals surface area contributed by atoms with Gasteiger partial charge in [-0.05, 0) is 37.1 Å². The SMILES string of the molecule is O=C(c1cc2ccccc2[nH]1)N1CCN(c2ccc(-c3noc(C4CC4)n3)cn2)CC1. The normalized spacial score (nSPS) is 16.8. The summed E-state index contributed by atoms with van der Waals surface area (Å²) in [6.45, 7) is 2.80. The average molecular weight is 414 g/mol. The van der Waals surface area contributed by atoms with Crippen LogP contribution in [0, 0.1) is 0 Å². The Labute approximate surface area is 178 Å². The molecule has 31 heavy (non-hydrogen) atoms. The number of hydrogen-bond acceptors (Lipinski definition) is 6. The number of carbonyl (C=O) groups excluding carboxylic acids is 1. The highest BCUT2D eigenvalue weighted by Gasteiger charge is 2.30. The number of aromatic amines is 1. The van der Waals surface area contributed by atoms with Crippen LogP contribution < -0.4 is 4.90 Å². The van der Waals surface area contributed by atoms with Crippen molar-refractivity contribution in [1.29, 1.82) is 0 Å². The Morgan fingerprint density at radius 2 is 1.90 bits per heavy atom. The zero-order valence-electron chi connectivity index (χ0n) is 17.0. The molecule has 2 fully saturated rings. The highest BCUT2D eigenvalue weighted by Crippen LogP contribution is 2.39. The number of benzene rings is 1. The quantitative estimate of drug-likeness (QED) is 0.550. The molecular formula is C23H22N6O2. The van der Waals surface area contributed by atoms with Crippen molar-refractivity contribution in [3.63, 3.8) is 0 Å². The molecule has 1 N–H and O–H groups in total. The van der Waals surface area contributed by atoms with Crippen LogP contribution in [0.1, 0.15) is 35.1 Å². The lowest BCUT2D eigenvalue weighted by Crippen LogP contribution is -2.49. The van der Waals surface area contributed by atoms with E-state index in [0.29, 0.717) is 30.5 Å². The zero-order chi connectivity index (χ0) is 20.8. The Bertz CT molecular complexity index is 1200. The van der Waals surface area contributed by atoms with E-state index in [9.17, 15) is 4.79 Å². The molecule has 156 valence electrons.